The van der Waals surface area contributed by atoms with E-state index < -0.39 is 5.97 Å². The van der Waals surface area contributed by atoms with Gasteiger partial charge in [0.1, 0.15) is 5.71 Å². The van der Waals surface area contributed by atoms with Crippen molar-refractivity contribution in [3.05, 3.63) is 29.3 Å². The number of carboxylic acids is 1. The number of nitrogens with zero attached hydrogens (tertiary/aromatic N) is 3. The Morgan fingerprint density at radius 3 is 2.64 bits per heavy atom. The lowest BCUT2D eigenvalue weighted by atomic mass is 10.1. The van der Waals surface area contributed by atoms with Gasteiger partial charge in [0.05, 0.1) is 12.1 Å². The Morgan fingerprint density at radius 2 is 2.00 bits per heavy atom. The molecule has 0 unspecified atom stereocenters. The summed E-state index contributed by atoms with van der Waals surface area (Å²) in [6, 6.07) is 5.73. The molecule has 1 heterocycles. The van der Waals surface area contributed by atoms with E-state index in [9.17, 15) is 14.4 Å². The first-order valence-electron chi connectivity index (χ1n) is 8.32. The third-order valence-electron chi connectivity index (χ3n) is 4.14. The Balaban J connectivity index is 2.28. The van der Waals surface area contributed by atoms with Crippen LogP contribution in [0.5, 0.6) is 0 Å². The Kier molecular flexibility index (Phi) is 5.90. The molecule has 0 atom stereocenters. The van der Waals surface area contributed by atoms with Crippen LogP contribution in [0.2, 0.25) is 0 Å². The molecule has 2 amide bonds. The molecule has 0 fully saturated rings. The van der Waals surface area contributed by atoms with Crippen molar-refractivity contribution in [2.24, 2.45) is 5.10 Å². The Morgan fingerprint density at radius 1 is 1.28 bits per heavy atom. The summed E-state index contributed by atoms with van der Waals surface area (Å²) in [7, 11) is 0. The van der Waals surface area contributed by atoms with Gasteiger partial charge >= 0.3 is 5.97 Å². The number of carboxylic acid groups (broad SMARTS) is 1. The maximum atomic E-state index is 12.6. The van der Waals surface area contributed by atoms with Crippen LogP contribution in [-0.4, -0.2) is 46.6 Å². The van der Waals surface area contributed by atoms with Crippen molar-refractivity contribution in [2.45, 2.75) is 40.0 Å². The molecule has 1 aliphatic rings. The summed E-state index contributed by atoms with van der Waals surface area (Å²) in [5.41, 5.74) is 2.85. The quantitative estimate of drug-likeness (QED) is 0.855. The Hall–Kier alpha value is -2.70. The number of carbonyl (C=O) groups is 3. The highest BCUT2D eigenvalue weighted by Gasteiger charge is 2.28. The number of aryl methyl sites for hydroxylation is 2. The zero-order valence-corrected chi connectivity index (χ0v) is 14.8. The van der Waals surface area contributed by atoms with Crippen LogP contribution in [0.1, 0.15) is 37.3 Å². The fourth-order valence-electron chi connectivity index (χ4n) is 2.66. The van der Waals surface area contributed by atoms with Gasteiger partial charge in [0.2, 0.25) is 5.91 Å². The highest BCUT2D eigenvalue weighted by Crippen LogP contribution is 2.25. The molecule has 0 radical (unpaired) electrons. The Bertz CT molecular complexity index is 727. The van der Waals surface area contributed by atoms with Crippen molar-refractivity contribution in [3.8, 4) is 0 Å². The molecular weight excluding hydrogens is 322 g/mol. The number of aliphatic carboxylic acids is 1. The summed E-state index contributed by atoms with van der Waals surface area (Å²) < 4.78 is 0. The molecular formula is C18H23N3O4. The van der Waals surface area contributed by atoms with Crippen LogP contribution in [0.3, 0.4) is 0 Å². The van der Waals surface area contributed by atoms with Gasteiger partial charge in [-0.1, -0.05) is 12.1 Å². The van der Waals surface area contributed by atoms with Gasteiger partial charge in [0.25, 0.3) is 5.91 Å². The van der Waals surface area contributed by atoms with E-state index in [0.29, 0.717) is 12.2 Å². The van der Waals surface area contributed by atoms with Gasteiger partial charge in [0.15, 0.2) is 0 Å². The molecule has 0 saturated heterocycles. The minimum absolute atomic E-state index is 0.119. The molecule has 134 valence electrons. The largest absolute Gasteiger partial charge is 0.481 e. The van der Waals surface area contributed by atoms with Crippen LogP contribution >= 0.6 is 0 Å². The SMILES string of the molecule is CCN(CCC(=O)O)C(=O)C1=NN(c2cc(C)ccc2C)C(=O)CC1. The number of anilines is 1. The van der Waals surface area contributed by atoms with Gasteiger partial charge in [-0.15, -0.1) is 0 Å². The van der Waals surface area contributed by atoms with Crippen molar-refractivity contribution in [3.63, 3.8) is 0 Å². The second kappa shape index (κ2) is 7.92. The van der Waals surface area contributed by atoms with E-state index in [-0.39, 0.29) is 43.3 Å². The first-order chi connectivity index (χ1) is 11.8. The smallest absolute Gasteiger partial charge is 0.305 e. The van der Waals surface area contributed by atoms with Gasteiger partial charge in [0, 0.05) is 25.9 Å². The van der Waals surface area contributed by atoms with Crippen molar-refractivity contribution in [2.75, 3.05) is 18.1 Å². The summed E-state index contributed by atoms with van der Waals surface area (Å²) in [6.45, 7) is 6.12. The summed E-state index contributed by atoms with van der Waals surface area (Å²) in [5, 5.41) is 14.4. The maximum absolute atomic E-state index is 12.6. The highest BCUT2D eigenvalue weighted by molar-refractivity contribution is 6.40. The summed E-state index contributed by atoms with van der Waals surface area (Å²) in [5.74, 6) is -1.42. The second-order valence-corrected chi connectivity index (χ2v) is 6.07. The van der Waals surface area contributed by atoms with Crippen molar-refractivity contribution in [1.82, 2.24) is 4.90 Å². The van der Waals surface area contributed by atoms with E-state index in [1.54, 1.807) is 6.92 Å². The van der Waals surface area contributed by atoms with Crippen LogP contribution in [0, 0.1) is 13.8 Å². The average Bonchev–Trinajstić information content (AvgIpc) is 2.57. The fraction of sp³-hybridized carbons (Fsp3) is 0.444. The lowest BCUT2D eigenvalue weighted by molar-refractivity contribution is -0.137. The number of hydrogen-bond acceptors (Lipinski definition) is 4. The molecule has 2 rings (SSSR count). The highest BCUT2D eigenvalue weighted by atomic mass is 16.4. The van der Waals surface area contributed by atoms with E-state index in [1.807, 2.05) is 32.0 Å². The standard InChI is InChI=1S/C18H23N3O4/c1-4-20(10-9-17(23)24)18(25)14-7-8-16(22)21(19-14)15-11-12(2)5-6-13(15)3/h5-6,11H,4,7-10H2,1-3H3,(H,23,24). The van der Waals surface area contributed by atoms with Crippen LogP contribution < -0.4 is 5.01 Å². The average molecular weight is 345 g/mol. The van der Waals surface area contributed by atoms with Gasteiger partial charge in [-0.25, -0.2) is 5.01 Å². The molecule has 7 heteroatoms. The molecule has 0 spiro atoms. The minimum Gasteiger partial charge on any atom is -0.481 e. The molecule has 1 N–H and O–H groups in total. The zero-order valence-electron chi connectivity index (χ0n) is 14.8. The van der Waals surface area contributed by atoms with Crippen molar-refractivity contribution in [1.29, 1.82) is 0 Å². The topological polar surface area (TPSA) is 90.3 Å². The third-order valence-corrected chi connectivity index (χ3v) is 4.14. The minimum atomic E-state index is -0.955. The predicted molar refractivity (Wildman–Crippen MR) is 94.6 cm³/mol. The first kappa shape index (κ1) is 18.6. The van der Waals surface area contributed by atoms with Crippen LogP contribution in [0.15, 0.2) is 23.3 Å². The van der Waals surface area contributed by atoms with Gasteiger partial charge in [-0.3, -0.25) is 14.4 Å². The predicted octanol–water partition coefficient (Wildman–Crippen LogP) is 2.11. The number of hydrazone groups is 1. The zero-order chi connectivity index (χ0) is 18.6. The van der Waals surface area contributed by atoms with E-state index in [4.69, 9.17) is 5.11 Å². The van der Waals surface area contributed by atoms with E-state index in [1.165, 1.54) is 9.91 Å². The molecule has 0 bridgehead atoms. The lowest BCUT2D eigenvalue weighted by Crippen LogP contribution is -2.42. The molecule has 0 saturated carbocycles. The molecule has 1 aliphatic heterocycles. The van der Waals surface area contributed by atoms with Gasteiger partial charge in [-0.05, 0) is 38.0 Å². The maximum Gasteiger partial charge on any atom is 0.305 e. The molecule has 7 nitrogen and oxygen atoms in total. The van der Waals surface area contributed by atoms with Gasteiger partial charge < -0.3 is 10.0 Å². The van der Waals surface area contributed by atoms with Crippen LogP contribution in [0.4, 0.5) is 5.69 Å². The van der Waals surface area contributed by atoms with E-state index >= 15 is 0 Å². The summed E-state index contributed by atoms with van der Waals surface area (Å²) >= 11 is 0. The van der Waals surface area contributed by atoms with E-state index in [0.717, 1.165) is 11.1 Å². The fourth-order valence-corrected chi connectivity index (χ4v) is 2.66. The third kappa shape index (κ3) is 4.43. The normalized spacial score (nSPS) is 14.3. The molecule has 0 aliphatic carbocycles. The first-order valence-corrected chi connectivity index (χ1v) is 8.32. The van der Waals surface area contributed by atoms with Crippen LogP contribution in [-0.2, 0) is 14.4 Å². The number of carbonyl (C=O) groups excluding carboxylic acids is 2. The van der Waals surface area contributed by atoms with Crippen LogP contribution in [0.25, 0.3) is 0 Å². The lowest BCUT2D eigenvalue weighted by Gasteiger charge is -2.27. The monoisotopic (exact) mass is 345 g/mol. The number of rotatable bonds is 6. The summed E-state index contributed by atoms with van der Waals surface area (Å²) in [6.07, 6.45) is 0.351. The van der Waals surface area contributed by atoms with E-state index in [2.05, 4.69) is 5.10 Å². The summed E-state index contributed by atoms with van der Waals surface area (Å²) in [4.78, 5) is 37.1. The van der Waals surface area contributed by atoms with Crippen molar-refractivity contribution < 1.29 is 19.5 Å². The molecule has 1 aromatic rings. The Labute approximate surface area is 146 Å². The van der Waals surface area contributed by atoms with Gasteiger partial charge in [-0.2, -0.15) is 5.10 Å². The molecule has 25 heavy (non-hydrogen) atoms. The number of benzene rings is 1. The molecule has 1 aromatic carbocycles. The van der Waals surface area contributed by atoms with Crippen molar-refractivity contribution >= 4 is 29.2 Å². The molecule has 0 aromatic heterocycles. The second-order valence-electron chi connectivity index (χ2n) is 6.07. The number of amides is 2. The number of hydrogen-bond donors (Lipinski definition) is 1.